The van der Waals surface area contributed by atoms with E-state index in [1.165, 1.54) is 0 Å². The molecule has 0 saturated carbocycles. The van der Waals surface area contributed by atoms with Gasteiger partial charge in [-0.25, -0.2) is 0 Å². The molecule has 0 aliphatic carbocycles. The van der Waals surface area contributed by atoms with Crippen molar-refractivity contribution in [2.24, 2.45) is 0 Å². The van der Waals surface area contributed by atoms with Crippen molar-refractivity contribution in [3.05, 3.63) is 41.4 Å². The van der Waals surface area contributed by atoms with Crippen LogP contribution in [0.15, 0.2) is 30.9 Å². The molecule has 0 aliphatic rings. The van der Waals surface area contributed by atoms with Crippen LogP contribution in [0, 0.1) is 11.3 Å². The Hall–Kier alpha value is -1.46. The highest BCUT2D eigenvalue weighted by atomic mass is 35.5. The molecule has 1 aromatic rings. The fraction of sp³-hybridized carbons (Fsp3) is 0.100. The molecule has 0 bridgehead atoms. The number of nitriles is 1. The van der Waals surface area contributed by atoms with Crippen molar-refractivity contribution in [3.8, 4) is 6.07 Å². The van der Waals surface area contributed by atoms with Gasteiger partial charge in [-0.3, -0.25) is 0 Å². The van der Waals surface area contributed by atoms with E-state index in [9.17, 15) is 0 Å². The van der Waals surface area contributed by atoms with Gasteiger partial charge in [0.15, 0.2) is 0 Å². The predicted molar refractivity (Wildman–Crippen MR) is 54.9 cm³/mol. The zero-order valence-electron chi connectivity index (χ0n) is 7.05. The van der Waals surface area contributed by atoms with Gasteiger partial charge in [0.2, 0.25) is 0 Å². The quantitative estimate of drug-likeness (QED) is 0.748. The van der Waals surface area contributed by atoms with E-state index in [4.69, 9.17) is 16.9 Å². The van der Waals surface area contributed by atoms with Crippen molar-refractivity contribution in [3.63, 3.8) is 0 Å². The normalized spacial score (nSPS) is 8.92. The number of benzene rings is 1. The Balaban J connectivity index is 2.91. The molecule has 0 heterocycles. The van der Waals surface area contributed by atoms with Gasteiger partial charge in [-0.15, -0.1) is 6.58 Å². The third-order valence-corrected chi connectivity index (χ3v) is 1.86. The zero-order valence-corrected chi connectivity index (χ0v) is 7.80. The molecule has 0 aromatic heterocycles. The van der Waals surface area contributed by atoms with Gasteiger partial charge in [-0.2, -0.15) is 5.26 Å². The van der Waals surface area contributed by atoms with E-state index in [1.807, 2.05) is 6.07 Å². The molecule has 0 amide bonds. The number of hydrogen-bond donors (Lipinski definition) is 1. The number of halogens is 1. The number of nitrogens with zero attached hydrogens (tertiary/aromatic N) is 1. The first-order valence-electron chi connectivity index (χ1n) is 3.82. The van der Waals surface area contributed by atoms with Gasteiger partial charge in [-0.05, 0) is 18.2 Å². The second kappa shape index (κ2) is 4.54. The van der Waals surface area contributed by atoms with Crippen molar-refractivity contribution in [1.82, 2.24) is 0 Å². The highest BCUT2D eigenvalue weighted by Crippen LogP contribution is 2.22. The zero-order chi connectivity index (χ0) is 9.68. The summed E-state index contributed by atoms with van der Waals surface area (Å²) >= 11 is 5.88. The number of anilines is 1. The summed E-state index contributed by atoms with van der Waals surface area (Å²) in [4.78, 5) is 0. The van der Waals surface area contributed by atoms with Crippen LogP contribution < -0.4 is 5.32 Å². The molecular formula is C10H9ClN2. The average Bonchev–Trinajstić information content (AvgIpc) is 2.17. The number of nitrogens with one attached hydrogen (secondary N) is 1. The maximum Gasteiger partial charge on any atom is 0.0992 e. The lowest BCUT2D eigenvalue weighted by molar-refractivity contribution is 1.34. The first-order chi connectivity index (χ1) is 6.27. The van der Waals surface area contributed by atoms with Gasteiger partial charge in [0.25, 0.3) is 0 Å². The van der Waals surface area contributed by atoms with E-state index in [0.717, 1.165) is 5.69 Å². The molecule has 66 valence electrons. The first kappa shape index (κ1) is 9.63. The molecule has 0 unspecified atom stereocenters. The number of hydrogen-bond acceptors (Lipinski definition) is 2. The minimum absolute atomic E-state index is 0.593. The van der Waals surface area contributed by atoms with E-state index in [-0.39, 0.29) is 0 Å². The first-order valence-corrected chi connectivity index (χ1v) is 4.20. The van der Waals surface area contributed by atoms with Crippen molar-refractivity contribution in [2.75, 3.05) is 11.9 Å². The van der Waals surface area contributed by atoms with Crippen LogP contribution in [0.1, 0.15) is 5.56 Å². The van der Waals surface area contributed by atoms with E-state index in [0.29, 0.717) is 17.1 Å². The van der Waals surface area contributed by atoms with Gasteiger partial charge in [0, 0.05) is 6.54 Å². The fourth-order valence-corrected chi connectivity index (χ4v) is 1.10. The summed E-state index contributed by atoms with van der Waals surface area (Å²) in [7, 11) is 0. The standard InChI is InChI=1S/C10H9ClN2/c1-2-5-13-10-6-8(7-12)3-4-9(10)11/h2-4,6,13H,1,5H2. The summed E-state index contributed by atoms with van der Waals surface area (Å²) in [6.45, 7) is 4.21. The molecule has 0 aliphatic heterocycles. The Labute approximate surface area is 82.4 Å². The van der Waals surface area contributed by atoms with Gasteiger partial charge in [0.1, 0.15) is 0 Å². The molecule has 0 radical (unpaired) electrons. The summed E-state index contributed by atoms with van der Waals surface area (Å²) < 4.78 is 0. The Bertz CT molecular complexity index is 352. The van der Waals surface area contributed by atoms with Gasteiger partial charge < -0.3 is 5.32 Å². The molecule has 1 N–H and O–H groups in total. The smallest absolute Gasteiger partial charge is 0.0992 e. The van der Waals surface area contributed by atoms with Crippen molar-refractivity contribution in [1.29, 1.82) is 5.26 Å². The van der Waals surface area contributed by atoms with Crippen LogP contribution in [0.2, 0.25) is 5.02 Å². The lowest BCUT2D eigenvalue weighted by atomic mass is 10.2. The molecule has 3 heteroatoms. The summed E-state index contributed by atoms with van der Waals surface area (Å²) in [6, 6.07) is 7.14. The topological polar surface area (TPSA) is 35.8 Å². The van der Waals surface area contributed by atoms with Crippen LogP contribution in [-0.2, 0) is 0 Å². The second-order valence-electron chi connectivity index (χ2n) is 2.48. The Morgan fingerprint density at radius 1 is 1.62 bits per heavy atom. The van der Waals surface area contributed by atoms with Crippen molar-refractivity contribution in [2.45, 2.75) is 0 Å². The fourth-order valence-electron chi connectivity index (χ4n) is 0.912. The Morgan fingerprint density at radius 3 is 3.00 bits per heavy atom. The highest BCUT2D eigenvalue weighted by Gasteiger charge is 1.99. The summed E-state index contributed by atoms with van der Waals surface area (Å²) in [5.41, 5.74) is 1.36. The molecule has 0 spiro atoms. The summed E-state index contributed by atoms with van der Waals surface area (Å²) in [5, 5.41) is 12.3. The molecule has 1 aromatic carbocycles. The molecular weight excluding hydrogens is 184 g/mol. The molecule has 0 atom stereocenters. The molecule has 0 saturated heterocycles. The molecule has 0 fully saturated rings. The van der Waals surface area contributed by atoms with Crippen molar-refractivity contribution < 1.29 is 0 Å². The summed E-state index contributed by atoms with van der Waals surface area (Å²) in [6.07, 6.45) is 1.73. The van der Waals surface area contributed by atoms with Crippen LogP contribution in [0.3, 0.4) is 0 Å². The maximum absolute atomic E-state index is 8.64. The van der Waals surface area contributed by atoms with Crippen molar-refractivity contribution >= 4 is 17.3 Å². The van der Waals surface area contributed by atoms with Crippen LogP contribution in [0.4, 0.5) is 5.69 Å². The van der Waals surface area contributed by atoms with Crippen LogP contribution in [0.25, 0.3) is 0 Å². The molecule has 1 rings (SSSR count). The largest absolute Gasteiger partial charge is 0.380 e. The van der Waals surface area contributed by atoms with Gasteiger partial charge >= 0.3 is 0 Å². The molecule has 13 heavy (non-hydrogen) atoms. The minimum atomic E-state index is 0.593. The maximum atomic E-state index is 8.64. The number of rotatable bonds is 3. The van der Waals surface area contributed by atoms with Crippen LogP contribution in [-0.4, -0.2) is 6.54 Å². The van der Waals surface area contributed by atoms with E-state index in [1.54, 1.807) is 24.3 Å². The highest BCUT2D eigenvalue weighted by molar-refractivity contribution is 6.33. The monoisotopic (exact) mass is 192 g/mol. The third kappa shape index (κ3) is 2.50. The van der Waals surface area contributed by atoms with E-state index in [2.05, 4.69) is 11.9 Å². The third-order valence-electron chi connectivity index (χ3n) is 1.53. The van der Waals surface area contributed by atoms with E-state index >= 15 is 0 Å². The summed E-state index contributed by atoms with van der Waals surface area (Å²) in [5.74, 6) is 0. The van der Waals surface area contributed by atoms with Crippen LogP contribution in [0.5, 0.6) is 0 Å². The molecule has 2 nitrogen and oxygen atoms in total. The second-order valence-corrected chi connectivity index (χ2v) is 2.88. The average molecular weight is 193 g/mol. The SMILES string of the molecule is C=CCNc1cc(C#N)ccc1Cl. The minimum Gasteiger partial charge on any atom is -0.380 e. The lowest BCUT2D eigenvalue weighted by Crippen LogP contribution is -1.98. The van der Waals surface area contributed by atoms with E-state index < -0.39 is 0 Å². The lowest BCUT2D eigenvalue weighted by Gasteiger charge is -2.05. The Morgan fingerprint density at radius 2 is 2.38 bits per heavy atom. The Kier molecular flexibility index (Phi) is 3.36. The predicted octanol–water partition coefficient (Wildman–Crippen LogP) is 2.81. The van der Waals surface area contributed by atoms with Gasteiger partial charge in [0.05, 0.1) is 22.3 Å². The van der Waals surface area contributed by atoms with Gasteiger partial charge in [-0.1, -0.05) is 17.7 Å². The van der Waals surface area contributed by atoms with Crippen LogP contribution >= 0.6 is 11.6 Å².